The number of nitrogens with zero attached hydrogens (tertiary/aromatic N) is 7. The number of halogens is 3. The summed E-state index contributed by atoms with van der Waals surface area (Å²) in [7, 11) is 3.72. The summed E-state index contributed by atoms with van der Waals surface area (Å²) in [4.78, 5) is 31.9. The normalized spacial score (nSPS) is 19.4. The largest absolute Gasteiger partial charge is 0.463 e. The van der Waals surface area contributed by atoms with E-state index in [0.717, 1.165) is 13.1 Å². The maximum Gasteiger partial charge on any atom is 0.319 e. The fourth-order valence-corrected chi connectivity index (χ4v) is 5.92. The first-order valence-electron chi connectivity index (χ1n) is 13.6. The summed E-state index contributed by atoms with van der Waals surface area (Å²) in [5.41, 5.74) is 0.682. The van der Waals surface area contributed by atoms with Gasteiger partial charge in [0, 0.05) is 58.4 Å². The van der Waals surface area contributed by atoms with Crippen LogP contribution in [0.1, 0.15) is 0 Å². The van der Waals surface area contributed by atoms with E-state index in [1.165, 1.54) is 18.3 Å². The second-order valence-electron chi connectivity index (χ2n) is 10.5. The predicted molar refractivity (Wildman–Crippen MR) is 160 cm³/mol. The number of aromatic amines is 1. The van der Waals surface area contributed by atoms with Gasteiger partial charge in [-0.1, -0.05) is 29.8 Å². The Morgan fingerprint density at radius 1 is 1.16 bits per heavy atom. The van der Waals surface area contributed by atoms with Crippen molar-refractivity contribution in [3.63, 3.8) is 0 Å². The minimum Gasteiger partial charge on any atom is -0.463 e. The first-order chi connectivity index (χ1) is 20.7. The summed E-state index contributed by atoms with van der Waals surface area (Å²) in [5, 5.41) is 7.56. The van der Waals surface area contributed by atoms with Crippen LogP contribution in [-0.4, -0.2) is 107 Å². The number of amides is 1. The van der Waals surface area contributed by atoms with E-state index in [1.807, 2.05) is 11.9 Å². The van der Waals surface area contributed by atoms with Crippen molar-refractivity contribution in [2.24, 2.45) is 5.92 Å². The smallest absolute Gasteiger partial charge is 0.319 e. The molecule has 2 fully saturated rings. The molecule has 1 amide bonds. The number of methoxy groups -OCH3 is 1. The van der Waals surface area contributed by atoms with Crippen LogP contribution in [0.2, 0.25) is 10.2 Å². The number of ether oxygens (including phenoxy) is 3. The Bertz CT molecular complexity index is 1700. The first kappa shape index (κ1) is 29.3. The molecule has 0 radical (unpaired) electrons. The highest BCUT2D eigenvalue weighted by atomic mass is 35.5. The zero-order valence-electron chi connectivity index (χ0n) is 23.5. The number of piperazine rings is 1. The number of nitrogens with one attached hydrogen (secondary N) is 1. The van der Waals surface area contributed by atoms with Gasteiger partial charge in [-0.25, -0.2) is 4.39 Å². The van der Waals surface area contributed by atoms with Gasteiger partial charge in [0.05, 0.1) is 35.2 Å². The molecule has 0 aliphatic carbocycles. The molecule has 6 rings (SSSR count). The van der Waals surface area contributed by atoms with Crippen molar-refractivity contribution in [2.45, 2.75) is 6.10 Å². The molecular formula is C28H29Cl2FN8O4. The van der Waals surface area contributed by atoms with E-state index in [1.54, 1.807) is 18.1 Å². The van der Waals surface area contributed by atoms with Gasteiger partial charge in [0.2, 0.25) is 11.8 Å². The Morgan fingerprint density at radius 2 is 1.95 bits per heavy atom. The minimum atomic E-state index is -0.694. The molecule has 0 unspecified atom stereocenters. The maximum absolute atomic E-state index is 14.7. The average molecular weight is 631 g/mol. The quantitative estimate of drug-likeness (QED) is 0.226. The van der Waals surface area contributed by atoms with Crippen LogP contribution in [0.5, 0.6) is 17.6 Å². The molecule has 0 saturated carbocycles. The second kappa shape index (κ2) is 12.1. The van der Waals surface area contributed by atoms with Crippen molar-refractivity contribution in [3.8, 4) is 17.6 Å². The summed E-state index contributed by atoms with van der Waals surface area (Å²) >= 11 is 12.8. The molecule has 1 N–H and O–H groups in total. The number of anilines is 1. The highest BCUT2D eigenvalue weighted by Gasteiger charge is 2.32. The number of fused-ring (bicyclic) bond motifs is 2. The lowest BCUT2D eigenvalue weighted by molar-refractivity contribution is -0.126. The zero-order chi connectivity index (χ0) is 30.2. The summed E-state index contributed by atoms with van der Waals surface area (Å²) in [6.07, 6.45) is 2.79. The molecule has 1 aromatic carbocycles. The second-order valence-corrected chi connectivity index (χ2v) is 11.3. The zero-order valence-corrected chi connectivity index (χ0v) is 25.0. The highest BCUT2D eigenvalue weighted by molar-refractivity contribution is 6.33. The lowest BCUT2D eigenvalue weighted by Gasteiger charge is -2.35. The summed E-state index contributed by atoms with van der Waals surface area (Å²) in [6.45, 7) is 7.41. The van der Waals surface area contributed by atoms with Gasteiger partial charge >= 0.3 is 6.01 Å². The van der Waals surface area contributed by atoms with Crippen LogP contribution >= 0.6 is 23.2 Å². The van der Waals surface area contributed by atoms with Crippen molar-refractivity contribution < 1.29 is 23.4 Å². The summed E-state index contributed by atoms with van der Waals surface area (Å²) in [5.74, 6) is -0.193. The van der Waals surface area contributed by atoms with Crippen LogP contribution in [-0.2, 0) is 9.53 Å². The molecule has 2 aliphatic heterocycles. The van der Waals surface area contributed by atoms with Crippen LogP contribution < -0.4 is 14.4 Å². The van der Waals surface area contributed by atoms with Gasteiger partial charge < -0.3 is 28.9 Å². The van der Waals surface area contributed by atoms with Crippen molar-refractivity contribution in [3.05, 3.63) is 47.0 Å². The van der Waals surface area contributed by atoms with Crippen LogP contribution in [0.3, 0.4) is 0 Å². The monoisotopic (exact) mass is 630 g/mol. The Balaban J connectivity index is 1.42. The van der Waals surface area contributed by atoms with E-state index in [0.29, 0.717) is 54.9 Å². The summed E-state index contributed by atoms with van der Waals surface area (Å²) in [6, 6.07) is 2.97. The number of aromatic nitrogens is 5. The Morgan fingerprint density at radius 3 is 2.70 bits per heavy atom. The topological polar surface area (TPSA) is 122 Å². The number of benzene rings is 1. The molecule has 4 aromatic rings. The van der Waals surface area contributed by atoms with Crippen molar-refractivity contribution in [1.29, 1.82) is 0 Å². The molecular weight excluding hydrogens is 602 g/mol. The van der Waals surface area contributed by atoms with Gasteiger partial charge in [-0.05, 0) is 19.2 Å². The minimum absolute atomic E-state index is 0.00672. The lowest BCUT2D eigenvalue weighted by Crippen LogP contribution is -2.48. The standard InChI is InChI=1S/C28H29Cl2FN8O4/c1-4-22(40)38-5-7-39(8-6-38)26-16-9-21(29)33-27(43-25-17-11-32-36-19(17)10-18(31)23(25)30)24(16)34-28(35-26)42-14-15-12-37(2)13-20(15)41-3/h4,9-11,15,20H,1,5-8,12-14H2,2-3H3,(H,32,36)/t15-,20+/m0/s1. The van der Waals surface area contributed by atoms with Crippen molar-refractivity contribution >= 4 is 56.7 Å². The fraction of sp³-hybridized carbons (Fsp3) is 0.393. The van der Waals surface area contributed by atoms with E-state index in [9.17, 15) is 9.18 Å². The van der Waals surface area contributed by atoms with Gasteiger partial charge in [0.25, 0.3) is 0 Å². The lowest BCUT2D eigenvalue weighted by atomic mass is 10.1. The van der Waals surface area contributed by atoms with E-state index in [4.69, 9.17) is 42.4 Å². The van der Waals surface area contributed by atoms with E-state index >= 15 is 0 Å². The van der Waals surface area contributed by atoms with E-state index in [-0.39, 0.29) is 51.3 Å². The molecule has 43 heavy (non-hydrogen) atoms. The molecule has 3 aromatic heterocycles. The highest BCUT2D eigenvalue weighted by Crippen LogP contribution is 2.41. The molecule has 15 heteroatoms. The maximum atomic E-state index is 14.7. The van der Waals surface area contributed by atoms with Gasteiger partial charge in [0.1, 0.15) is 27.3 Å². The fourth-order valence-electron chi connectivity index (χ4n) is 5.54. The molecule has 0 spiro atoms. The molecule has 0 bridgehead atoms. The predicted octanol–water partition coefficient (Wildman–Crippen LogP) is 3.93. The first-order valence-corrected chi connectivity index (χ1v) is 14.4. The molecule has 2 saturated heterocycles. The Hall–Kier alpha value is -3.78. The number of H-pyrrole nitrogens is 1. The van der Waals surface area contributed by atoms with Crippen LogP contribution in [0.4, 0.5) is 10.2 Å². The Labute approximate surface area is 256 Å². The third-order valence-corrected chi connectivity index (χ3v) is 8.28. The van der Waals surface area contributed by atoms with Gasteiger partial charge in [-0.2, -0.15) is 20.1 Å². The number of hydrogen-bond donors (Lipinski definition) is 1. The molecule has 5 heterocycles. The molecule has 12 nitrogen and oxygen atoms in total. The molecule has 226 valence electrons. The Kier molecular flexibility index (Phi) is 8.23. The van der Waals surface area contributed by atoms with Gasteiger partial charge in [0.15, 0.2) is 5.75 Å². The van der Waals surface area contributed by atoms with Crippen LogP contribution in [0, 0.1) is 11.7 Å². The number of likely N-dealkylation sites (N-methyl/N-ethyl adjacent to an activating group) is 1. The number of hydrogen-bond acceptors (Lipinski definition) is 10. The van der Waals surface area contributed by atoms with Crippen LogP contribution in [0.15, 0.2) is 31.0 Å². The number of rotatable bonds is 8. The third kappa shape index (κ3) is 5.77. The van der Waals surface area contributed by atoms with Crippen LogP contribution in [0.25, 0.3) is 21.8 Å². The molecule has 2 aliphatic rings. The van der Waals surface area contributed by atoms with Gasteiger partial charge in [-0.15, -0.1) is 0 Å². The number of carbonyl (C=O) groups is 1. The number of carbonyl (C=O) groups excluding carboxylic acids is 1. The van der Waals surface area contributed by atoms with Crippen molar-refractivity contribution in [2.75, 3.05) is 64.9 Å². The molecule has 2 atom stereocenters. The third-order valence-electron chi connectivity index (χ3n) is 7.73. The van der Waals surface area contributed by atoms with Gasteiger partial charge in [-0.3, -0.25) is 9.89 Å². The number of likely N-dealkylation sites (tertiary alicyclic amines) is 1. The SMILES string of the molecule is C=CC(=O)N1CCN(c2nc(OC[C@@H]3CN(C)C[C@H]3OC)nc3c(Oc4c(Cl)c(F)cc5[nH]ncc45)nc(Cl)cc23)CC1. The van der Waals surface area contributed by atoms with E-state index in [2.05, 4.69) is 31.6 Å². The van der Waals surface area contributed by atoms with Crippen molar-refractivity contribution in [1.82, 2.24) is 34.9 Å². The van der Waals surface area contributed by atoms with E-state index < -0.39 is 5.82 Å². The number of pyridine rings is 1. The summed E-state index contributed by atoms with van der Waals surface area (Å²) < 4.78 is 32.7. The average Bonchev–Trinajstić information content (AvgIpc) is 3.63.